The first-order valence-electron chi connectivity index (χ1n) is 11.7. The molecule has 0 unspecified atom stereocenters. The van der Waals surface area contributed by atoms with Gasteiger partial charge in [0.2, 0.25) is 0 Å². The van der Waals surface area contributed by atoms with E-state index >= 15 is 0 Å². The Morgan fingerprint density at radius 1 is 1.05 bits per heavy atom. The van der Waals surface area contributed by atoms with Gasteiger partial charge in [-0.25, -0.2) is 0 Å². The van der Waals surface area contributed by atoms with Crippen molar-refractivity contribution in [3.63, 3.8) is 0 Å². The number of nitro groups is 1. The maximum atomic E-state index is 13.2. The second-order valence-corrected chi connectivity index (χ2v) is 11.7. The number of benzene rings is 2. The highest BCUT2D eigenvalue weighted by molar-refractivity contribution is 9.10. The first-order chi connectivity index (χ1) is 18.1. The van der Waals surface area contributed by atoms with Gasteiger partial charge in [0.25, 0.3) is 11.2 Å². The summed E-state index contributed by atoms with van der Waals surface area (Å²) in [5, 5.41) is 11.3. The average molecular weight is 637 g/mol. The number of aromatic nitrogens is 1. The fourth-order valence-electron chi connectivity index (χ4n) is 5.22. The van der Waals surface area contributed by atoms with Crippen LogP contribution in [0.25, 0.3) is 10.1 Å². The quantitative estimate of drug-likeness (QED) is 0.186. The van der Waals surface area contributed by atoms with Crippen molar-refractivity contribution in [3.8, 4) is 0 Å². The highest BCUT2D eigenvalue weighted by Crippen LogP contribution is 2.44. The molecule has 0 N–H and O–H groups in total. The number of non-ortho nitro benzene ring substituents is 1. The number of nitrogens with zero attached hydrogens (tertiary/aromatic N) is 4. The second-order valence-electron chi connectivity index (χ2n) is 9.87. The third-order valence-electron chi connectivity index (χ3n) is 7.17. The molecule has 15 heteroatoms. The molecule has 2 aliphatic rings. The predicted molar refractivity (Wildman–Crippen MR) is 136 cm³/mol. The zero-order valence-corrected chi connectivity index (χ0v) is 22.3. The number of anilines is 1. The van der Waals surface area contributed by atoms with E-state index in [0.29, 0.717) is 31.8 Å². The van der Waals surface area contributed by atoms with Crippen LogP contribution in [-0.4, -0.2) is 41.0 Å². The molecular formula is C24H19BrF6N4O3S. The second kappa shape index (κ2) is 9.70. The Kier molecular flexibility index (Phi) is 6.91. The molecule has 3 aromatic rings. The molecule has 0 saturated carbocycles. The zero-order valence-electron chi connectivity index (χ0n) is 19.9. The number of nitro benzene ring substituents is 1. The Hall–Kier alpha value is -2.78. The van der Waals surface area contributed by atoms with Gasteiger partial charge >= 0.3 is 12.4 Å². The topological polar surface area (TPSA) is 79.6 Å². The zero-order chi connectivity index (χ0) is 28.3. The van der Waals surface area contributed by atoms with E-state index in [1.165, 1.54) is 12.1 Å². The van der Waals surface area contributed by atoms with Crippen molar-refractivity contribution in [3.05, 3.63) is 72.0 Å². The average Bonchev–Trinajstić information content (AvgIpc) is 2.81. The lowest BCUT2D eigenvalue weighted by Crippen LogP contribution is -2.59. The van der Waals surface area contributed by atoms with E-state index in [2.05, 4.69) is 25.8 Å². The Labute approximate surface area is 229 Å². The summed E-state index contributed by atoms with van der Waals surface area (Å²) >= 11 is 3.82. The minimum absolute atomic E-state index is 0.00490. The van der Waals surface area contributed by atoms with Crippen molar-refractivity contribution in [2.24, 2.45) is 5.41 Å². The largest absolute Gasteiger partial charge is 0.417 e. The number of hydrogen-bond donors (Lipinski definition) is 0. The molecule has 2 fully saturated rings. The van der Waals surface area contributed by atoms with E-state index in [0.717, 1.165) is 48.9 Å². The molecule has 5 rings (SSSR count). The van der Waals surface area contributed by atoms with E-state index in [1.807, 2.05) is 4.90 Å². The van der Waals surface area contributed by atoms with Crippen molar-refractivity contribution in [2.75, 3.05) is 31.1 Å². The van der Waals surface area contributed by atoms with Gasteiger partial charge in [-0.2, -0.15) is 31.3 Å². The van der Waals surface area contributed by atoms with E-state index in [1.54, 1.807) is 0 Å². The van der Waals surface area contributed by atoms with Gasteiger partial charge in [0.1, 0.15) is 4.70 Å². The van der Waals surface area contributed by atoms with Crippen LogP contribution < -0.4 is 10.5 Å². The fourth-order valence-corrected chi connectivity index (χ4v) is 6.99. The molecule has 0 bridgehead atoms. The van der Waals surface area contributed by atoms with Crippen LogP contribution in [0.15, 0.2) is 39.6 Å². The summed E-state index contributed by atoms with van der Waals surface area (Å²) in [4.78, 5) is 31.1. The van der Waals surface area contributed by atoms with Crippen molar-refractivity contribution >= 4 is 48.2 Å². The molecule has 0 radical (unpaired) electrons. The monoisotopic (exact) mass is 636 g/mol. The predicted octanol–water partition coefficient (Wildman–Crippen LogP) is 6.47. The summed E-state index contributed by atoms with van der Waals surface area (Å²) in [5.74, 6) is 0. The van der Waals surface area contributed by atoms with Crippen LogP contribution in [0.1, 0.15) is 29.5 Å². The summed E-state index contributed by atoms with van der Waals surface area (Å²) in [6, 6.07) is 5.03. The number of likely N-dealkylation sites (tertiary alicyclic amines) is 1. The van der Waals surface area contributed by atoms with Crippen molar-refractivity contribution < 1.29 is 31.3 Å². The molecule has 1 spiro atoms. The first-order valence-corrected chi connectivity index (χ1v) is 13.3. The van der Waals surface area contributed by atoms with Gasteiger partial charge in [-0.15, -0.1) is 0 Å². The van der Waals surface area contributed by atoms with Crippen LogP contribution in [0.5, 0.6) is 0 Å². The molecule has 3 heterocycles. The molecule has 208 valence electrons. The third kappa shape index (κ3) is 5.48. The molecular weight excluding hydrogens is 618 g/mol. The van der Waals surface area contributed by atoms with Gasteiger partial charge in [0.15, 0.2) is 5.13 Å². The van der Waals surface area contributed by atoms with Crippen LogP contribution in [0.2, 0.25) is 0 Å². The SMILES string of the molecule is O=c1nc(N2CCC3(CC2)CN(Cc2ccc(C(F)(F)F)c(Br)c2)C3)sc2c([N+](=O)[O-])cc(C(F)(F)F)cc12. The van der Waals surface area contributed by atoms with Crippen LogP contribution in [0.3, 0.4) is 0 Å². The summed E-state index contributed by atoms with van der Waals surface area (Å²) < 4.78 is 78.4. The van der Waals surface area contributed by atoms with Crippen LogP contribution in [-0.2, 0) is 18.9 Å². The van der Waals surface area contributed by atoms with E-state index in [4.69, 9.17) is 0 Å². The Balaban J connectivity index is 1.27. The lowest BCUT2D eigenvalue weighted by atomic mass is 9.72. The maximum Gasteiger partial charge on any atom is 0.417 e. The Bertz CT molecular complexity index is 1510. The number of alkyl halides is 6. The summed E-state index contributed by atoms with van der Waals surface area (Å²) in [7, 11) is 0. The molecule has 7 nitrogen and oxygen atoms in total. The maximum absolute atomic E-state index is 13.2. The first kappa shape index (κ1) is 27.8. The molecule has 39 heavy (non-hydrogen) atoms. The highest BCUT2D eigenvalue weighted by Gasteiger charge is 2.45. The normalized spacial score (nSPS) is 18.0. The third-order valence-corrected chi connectivity index (χ3v) is 8.99. The van der Waals surface area contributed by atoms with E-state index in [9.17, 15) is 41.3 Å². The Morgan fingerprint density at radius 3 is 2.28 bits per heavy atom. The lowest BCUT2D eigenvalue weighted by molar-refractivity contribution is -0.383. The Morgan fingerprint density at radius 2 is 1.72 bits per heavy atom. The van der Waals surface area contributed by atoms with Gasteiger partial charge in [-0.1, -0.05) is 33.3 Å². The number of fused-ring (bicyclic) bond motifs is 1. The van der Waals surface area contributed by atoms with Gasteiger partial charge in [-0.3, -0.25) is 19.8 Å². The number of piperidine rings is 1. The van der Waals surface area contributed by atoms with Crippen molar-refractivity contribution in [1.29, 1.82) is 0 Å². The van der Waals surface area contributed by atoms with Crippen LogP contribution in [0, 0.1) is 15.5 Å². The number of rotatable bonds is 4. The van der Waals surface area contributed by atoms with Crippen molar-refractivity contribution in [2.45, 2.75) is 31.7 Å². The molecule has 1 aromatic heterocycles. The minimum Gasteiger partial charge on any atom is -0.348 e. The summed E-state index contributed by atoms with van der Waals surface area (Å²) in [6.45, 7) is 2.99. The van der Waals surface area contributed by atoms with Crippen molar-refractivity contribution in [1.82, 2.24) is 9.88 Å². The summed E-state index contributed by atoms with van der Waals surface area (Å²) in [5.41, 5.74) is -3.00. The summed E-state index contributed by atoms with van der Waals surface area (Å²) in [6.07, 6.45) is -7.82. The van der Waals surface area contributed by atoms with E-state index < -0.39 is 45.0 Å². The van der Waals surface area contributed by atoms with Gasteiger partial charge in [0, 0.05) is 43.3 Å². The van der Waals surface area contributed by atoms with E-state index in [-0.39, 0.29) is 19.7 Å². The molecule has 0 amide bonds. The molecule has 2 aliphatic heterocycles. The minimum atomic E-state index is -4.85. The standard InChI is InChI=1S/C24H19BrF6N4O3S/c25-17-7-13(1-2-16(17)24(29,30)31)10-33-11-22(12-33)3-5-34(6-4-22)21-32-20(36)15-8-14(23(26,27)28)9-18(35(37)38)19(15)39-21/h1-2,7-9H,3-6,10-12H2. The van der Waals surface area contributed by atoms with Gasteiger partial charge < -0.3 is 4.90 Å². The van der Waals surface area contributed by atoms with Gasteiger partial charge in [-0.05, 0) is 42.0 Å². The van der Waals surface area contributed by atoms with Crippen LogP contribution >= 0.6 is 27.3 Å². The molecule has 0 atom stereocenters. The van der Waals surface area contributed by atoms with Crippen LogP contribution in [0.4, 0.5) is 37.2 Å². The van der Waals surface area contributed by atoms with Gasteiger partial charge in [0.05, 0.1) is 21.4 Å². The number of halogens is 7. The number of hydrogen-bond acceptors (Lipinski definition) is 7. The lowest BCUT2D eigenvalue weighted by Gasteiger charge is -2.54. The highest BCUT2D eigenvalue weighted by atomic mass is 79.9. The fraction of sp³-hybridized carbons (Fsp3) is 0.417. The molecule has 2 saturated heterocycles. The molecule has 0 aliphatic carbocycles. The molecule has 2 aromatic carbocycles. The smallest absolute Gasteiger partial charge is 0.348 e.